The number of benzene rings is 1. The highest BCUT2D eigenvalue weighted by Crippen LogP contribution is 2.33. The molecule has 2 aromatic heterocycles. The number of halogens is 1. The maximum absolute atomic E-state index is 12.9. The average molecular weight is 398 g/mol. The third-order valence-electron chi connectivity index (χ3n) is 4.74. The van der Waals surface area contributed by atoms with E-state index in [9.17, 15) is 4.79 Å². The fourth-order valence-electron chi connectivity index (χ4n) is 3.22. The van der Waals surface area contributed by atoms with Gasteiger partial charge in [-0.25, -0.2) is 5.01 Å². The second-order valence-corrected chi connectivity index (χ2v) is 7.08. The Kier molecular flexibility index (Phi) is 5.32. The molecular weight excluding hydrogens is 378 g/mol. The molecule has 0 unspecified atom stereocenters. The summed E-state index contributed by atoms with van der Waals surface area (Å²) in [5.74, 6) is 1.35. The summed E-state index contributed by atoms with van der Waals surface area (Å²) in [7, 11) is 0. The Hall–Kier alpha value is -2.83. The maximum Gasteiger partial charge on any atom is 0.257 e. The number of rotatable bonds is 6. The number of nitrogens with one attached hydrogen (secondary N) is 1. The van der Waals surface area contributed by atoms with E-state index in [4.69, 9.17) is 20.4 Å². The van der Waals surface area contributed by atoms with Crippen LogP contribution in [0.3, 0.4) is 0 Å². The molecule has 6 nitrogen and oxygen atoms in total. The van der Waals surface area contributed by atoms with Crippen molar-refractivity contribution < 1.29 is 13.6 Å². The molecule has 3 aromatic rings. The highest BCUT2D eigenvalue weighted by molar-refractivity contribution is 6.30. The molecule has 0 radical (unpaired) electrons. The van der Waals surface area contributed by atoms with Crippen LogP contribution in [0.5, 0.6) is 0 Å². The Labute approximate surface area is 167 Å². The SMILES string of the molecule is C[C@@H](NCC(=O)N1N=C(c2ccc(Cl)cc2)C[C@H]1c1ccco1)c1ccco1. The van der Waals surface area contributed by atoms with Crippen LogP contribution in [0.25, 0.3) is 0 Å². The van der Waals surface area contributed by atoms with Crippen molar-refractivity contribution in [3.8, 4) is 0 Å². The van der Waals surface area contributed by atoms with Crippen molar-refractivity contribution in [3.63, 3.8) is 0 Å². The van der Waals surface area contributed by atoms with Crippen LogP contribution in [0, 0.1) is 0 Å². The summed E-state index contributed by atoms with van der Waals surface area (Å²) in [5.41, 5.74) is 1.76. The van der Waals surface area contributed by atoms with E-state index in [-0.39, 0.29) is 24.5 Å². The third-order valence-corrected chi connectivity index (χ3v) is 5.00. The summed E-state index contributed by atoms with van der Waals surface area (Å²) in [5, 5.41) is 9.95. The monoisotopic (exact) mass is 397 g/mol. The number of carbonyl (C=O) groups is 1. The van der Waals surface area contributed by atoms with E-state index in [1.807, 2.05) is 55.5 Å². The first kappa shape index (κ1) is 18.5. The minimum atomic E-state index is -0.270. The fraction of sp³-hybridized carbons (Fsp3) is 0.238. The van der Waals surface area contributed by atoms with E-state index >= 15 is 0 Å². The molecule has 1 aliphatic rings. The van der Waals surface area contributed by atoms with Crippen molar-refractivity contribution in [2.75, 3.05) is 6.54 Å². The zero-order chi connectivity index (χ0) is 19.5. The van der Waals surface area contributed by atoms with Gasteiger partial charge in [0, 0.05) is 11.4 Å². The first-order chi connectivity index (χ1) is 13.6. The van der Waals surface area contributed by atoms with Gasteiger partial charge in [-0.2, -0.15) is 5.10 Å². The molecule has 28 heavy (non-hydrogen) atoms. The molecule has 1 aliphatic heterocycles. The van der Waals surface area contributed by atoms with Crippen LogP contribution in [-0.2, 0) is 4.79 Å². The standard InChI is InChI=1S/C21H20ClN3O3/c1-14(19-4-2-10-27-19)23-13-21(26)25-18(20-5-3-11-28-20)12-17(24-25)15-6-8-16(22)9-7-15/h2-11,14,18,23H,12-13H2,1H3/t14-,18+/m1/s1. The largest absolute Gasteiger partial charge is 0.468 e. The Morgan fingerprint density at radius 2 is 1.96 bits per heavy atom. The number of amides is 1. The second-order valence-electron chi connectivity index (χ2n) is 6.65. The number of hydrogen-bond acceptors (Lipinski definition) is 5. The van der Waals surface area contributed by atoms with Crippen molar-refractivity contribution in [3.05, 3.63) is 83.2 Å². The van der Waals surface area contributed by atoms with Crippen LogP contribution in [0.1, 0.15) is 42.5 Å². The zero-order valence-corrected chi connectivity index (χ0v) is 16.1. The van der Waals surface area contributed by atoms with E-state index in [1.165, 1.54) is 5.01 Å². The van der Waals surface area contributed by atoms with Crippen molar-refractivity contribution in [2.45, 2.75) is 25.4 Å². The lowest BCUT2D eigenvalue weighted by molar-refractivity contribution is -0.132. The average Bonchev–Trinajstić information content (AvgIpc) is 3.47. The Morgan fingerprint density at radius 3 is 2.64 bits per heavy atom. The van der Waals surface area contributed by atoms with E-state index < -0.39 is 0 Å². The predicted octanol–water partition coefficient (Wildman–Crippen LogP) is 4.55. The molecule has 0 spiro atoms. The number of hydrogen-bond donors (Lipinski definition) is 1. The van der Waals surface area contributed by atoms with Crippen molar-refractivity contribution >= 4 is 23.2 Å². The summed E-state index contributed by atoms with van der Waals surface area (Å²) in [4.78, 5) is 12.9. The predicted molar refractivity (Wildman–Crippen MR) is 106 cm³/mol. The fourth-order valence-corrected chi connectivity index (χ4v) is 3.35. The summed E-state index contributed by atoms with van der Waals surface area (Å²) in [6.45, 7) is 2.08. The molecule has 7 heteroatoms. The molecule has 1 aromatic carbocycles. The highest BCUT2D eigenvalue weighted by atomic mass is 35.5. The minimum absolute atomic E-state index is 0.0802. The molecular formula is C21H20ClN3O3. The summed E-state index contributed by atoms with van der Waals surface area (Å²) >= 11 is 5.99. The van der Waals surface area contributed by atoms with Crippen LogP contribution in [0.2, 0.25) is 5.02 Å². The molecule has 3 heterocycles. The van der Waals surface area contributed by atoms with Gasteiger partial charge in [-0.05, 0) is 48.9 Å². The number of furan rings is 2. The number of hydrazone groups is 1. The normalized spacial score (nSPS) is 17.6. The topological polar surface area (TPSA) is 71.0 Å². The van der Waals surface area contributed by atoms with Crippen LogP contribution >= 0.6 is 11.6 Å². The molecule has 0 fully saturated rings. The lowest BCUT2D eigenvalue weighted by Gasteiger charge is -2.21. The van der Waals surface area contributed by atoms with E-state index in [1.54, 1.807) is 12.5 Å². The van der Waals surface area contributed by atoms with Gasteiger partial charge in [0.05, 0.1) is 30.8 Å². The molecule has 4 rings (SSSR count). The smallest absolute Gasteiger partial charge is 0.257 e. The van der Waals surface area contributed by atoms with Gasteiger partial charge in [-0.3, -0.25) is 10.1 Å². The van der Waals surface area contributed by atoms with Crippen LogP contribution in [0.15, 0.2) is 75.0 Å². The van der Waals surface area contributed by atoms with Crippen LogP contribution < -0.4 is 5.32 Å². The van der Waals surface area contributed by atoms with Gasteiger partial charge in [-0.1, -0.05) is 23.7 Å². The van der Waals surface area contributed by atoms with Crippen molar-refractivity contribution in [2.24, 2.45) is 5.10 Å². The van der Waals surface area contributed by atoms with E-state index in [0.29, 0.717) is 17.2 Å². The Morgan fingerprint density at radius 1 is 1.21 bits per heavy atom. The third kappa shape index (κ3) is 3.88. The van der Waals surface area contributed by atoms with Gasteiger partial charge in [0.2, 0.25) is 0 Å². The molecule has 0 bridgehead atoms. The molecule has 0 saturated heterocycles. The number of carbonyl (C=O) groups excluding carboxylic acids is 1. The molecule has 2 atom stereocenters. The van der Waals surface area contributed by atoms with Gasteiger partial charge >= 0.3 is 0 Å². The van der Waals surface area contributed by atoms with Crippen molar-refractivity contribution in [1.29, 1.82) is 0 Å². The number of nitrogens with zero attached hydrogens (tertiary/aromatic N) is 2. The lowest BCUT2D eigenvalue weighted by Crippen LogP contribution is -2.36. The minimum Gasteiger partial charge on any atom is -0.468 e. The summed E-state index contributed by atoms with van der Waals surface area (Å²) in [6.07, 6.45) is 3.80. The molecule has 0 aliphatic carbocycles. The van der Waals surface area contributed by atoms with Crippen LogP contribution in [0.4, 0.5) is 0 Å². The summed E-state index contributed by atoms with van der Waals surface area (Å²) in [6, 6.07) is 14.5. The Balaban J connectivity index is 1.52. The summed E-state index contributed by atoms with van der Waals surface area (Å²) < 4.78 is 10.9. The Bertz CT molecular complexity index is 949. The van der Waals surface area contributed by atoms with Crippen molar-refractivity contribution in [1.82, 2.24) is 10.3 Å². The first-order valence-electron chi connectivity index (χ1n) is 9.07. The molecule has 1 N–H and O–H groups in total. The van der Waals surface area contributed by atoms with Crippen LogP contribution in [-0.4, -0.2) is 23.2 Å². The van der Waals surface area contributed by atoms with Gasteiger partial charge in [0.1, 0.15) is 17.6 Å². The molecule has 1 amide bonds. The highest BCUT2D eigenvalue weighted by Gasteiger charge is 2.34. The quantitative estimate of drug-likeness (QED) is 0.662. The lowest BCUT2D eigenvalue weighted by atomic mass is 10.0. The molecule has 144 valence electrons. The van der Waals surface area contributed by atoms with Gasteiger partial charge in [0.15, 0.2) is 0 Å². The first-order valence-corrected chi connectivity index (χ1v) is 9.45. The zero-order valence-electron chi connectivity index (χ0n) is 15.3. The second kappa shape index (κ2) is 8.04. The van der Waals surface area contributed by atoms with Gasteiger partial charge in [-0.15, -0.1) is 0 Å². The maximum atomic E-state index is 12.9. The van der Waals surface area contributed by atoms with Gasteiger partial charge in [0.25, 0.3) is 5.91 Å². The van der Waals surface area contributed by atoms with E-state index in [2.05, 4.69) is 10.4 Å². The molecule has 0 saturated carbocycles. The van der Waals surface area contributed by atoms with E-state index in [0.717, 1.165) is 17.0 Å². The van der Waals surface area contributed by atoms with Gasteiger partial charge < -0.3 is 8.83 Å².